The van der Waals surface area contributed by atoms with Gasteiger partial charge >= 0.3 is 11.9 Å². The molecular weight excluding hydrogens is 512 g/mol. The predicted octanol–water partition coefficient (Wildman–Crippen LogP) is 9.24. The number of halogens is 4. The van der Waals surface area contributed by atoms with E-state index in [0.29, 0.717) is 12.5 Å². The summed E-state index contributed by atoms with van der Waals surface area (Å²) in [4.78, 5) is 25.0. The van der Waals surface area contributed by atoms with Gasteiger partial charge in [-0.3, -0.25) is 0 Å². The molecule has 0 amide bonds. The molecule has 0 aromatic heterocycles. The Morgan fingerprint density at radius 3 is 1.59 bits per heavy atom. The number of hydrogen-bond donors (Lipinski definition) is 0. The lowest BCUT2D eigenvalue weighted by Gasteiger charge is -2.11. The molecule has 0 unspecified atom stereocenters. The van der Waals surface area contributed by atoms with E-state index in [1.54, 1.807) is 6.07 Å². The third kappa shape index (κ3) is 11.4. The summed E-state index contributed by atoms with van der Waals surface area (Å²) in [5.41, 5.74) is -0.839. The van der Waals surface area contributed by atoms with Crippen molar-refractivity contribution in [2.45, 2.75) is 103 Å². The van der Waals surface area contributed by atoms with Gasteiger partial charge in [0.2, 0.25) is 0 Å². The lowest BCUT2D eigenvalue weighted by molar-refractivity contribution is 0.0432. The smallest absolute Gasteiger partial charge is 0.339 e. The van der Waals surface area contributed by atoms with Gasteiger partial charge in [-0.2, -0.15) is 0 Å². The monoisotopic (exact) mass is 552 g/mol. The Morgan fingerprint density at radius 1 is 0.615 bits per heavy atom. The summed E-state index contributed by atoms with van der Waals surface area (Å²) >= 11 is 0. The molecule has 0 heterocycles. The van der Waals surface area contributed by atoms with Gasteiger partial charge in [-0.25, -0.2) is 27.2 Å². The topological polar surface area (TPSA) is 52.6 Å². The van der Waals surface area contributed by atoms with Crippen LogP contribution < -0.4 is 0 Å². The number of esters is 2. The van der Waals surface area contributed by atoms with Crippen LogP contribution in [0.5, 0.6) is 0 Å². The quantitative estimate of drug-likeness (QED) is 0.0573. The number of carbonyl (C=O) groups excluding carboxylic acids is 2. The first-order chi connectivity index (χ1) is 18.9. The Labute approximate surface area is 229 Å². The van der Waals surface area contributed by atoms with E-state index in [0.717, 1.165) is 19.3 Å². The minimum atomic E-state index is -1.99. The van der Waals surface area contributed by atoms with E-state index < -0.39 is 47.4 Å². The van der Waals surface area contributed by atoms with Gasteiger partial charge in [0.15, 0.2) is 23.3 Å². The van der Waals surface area contributed by atoms with Crippen molar-refractivity contribution in [3.63, 3.8) is 0 Å². The van der Waals surface area contributed by atoms with E-state index in [1.165, 1.54) is 82.4 Å². The number of unbranched alkanes of at least 4 members (excludes halogenated alkanes) is 13. The molecule has 2 rings (SSSR count). The minimum Gasteiger partial charge on any atom is -0.462 e. The molecule has 2 aromatic carbocycles. The first-order valence-corrected chi connectivity index (χ1v) is 14.1. The van der Waals surface area contributed by atoms with Crippen LogP contribution in [0.4, 0.5) is 17.6 Å². The Morgan fingerprint density at radius 2 is 1.08 bits per heavy atom. The summed E-state index contributed by atoms with van der Waals surface area (Å²) in [5.74, 6) is -8.91. The Bertz CT molecular complexity index is 1040. The van der Waals surface area contributed by atoms with Crippen LogP contribution in [0.1, 0.15) is 123 Å². The third-order valence-corrected chi connectivity index (χ3v) is 6.63. The molecule has 0 aliphatic carbocycles. The minimum absolute atomic E-state index is 0.0372. The molecule has 2 aromatic rings. The molecule has 0 aliphatic rings. The van der Waals surface area contributed by atoms with Gasteiger partial charge in [-0.05, 0) is 24.6 Å². The first kappa shape index (κ1) is 32.3. The molecule has 216 valence electrons. The molecule has 0 bridgehead atoms. The van der Waals surface area contributed by atoms with E-state index in [9.17, 15) is 27.2 Å². The van der Waals surface area contributed by atoms with E-state index in [2.05, 4.69) is 6.92 Å². The lowest BCUT2D eigenvalue weighted by atomic mass is 10.0. The van der Waals surface area contributed by atoms with Crippen molar-refractivity contribution >= 4 is 11.9 Å². The molecule has 0 fully saturated rings. The summed E-state index contributed by atoms with van der Waals surface area (Å²) in [6, 6.07) is 6.18. The molecule has 0 saturated heterocycles. The van der Waals surface area contributed by atoms with Crippen LogP contribution in [0.15, 0.2) is 30.3 Å². The second kappa shape index (κ2) is 18.4. The summed E-state index contributed by atoms with van der Waals surface area (Å²) in [6.07, 6.45) is 17.0. The molecule has 4 nitrogen and oxygen atoms in total. The largest absolute Gasteiger partial charge is 0.462 e. The van der Waals surface area contributed by atoms with Gasteiger partial charge in [0.05, 0.1) is 17.7 Å². The molecule has 0 aliphatic heterocycles. The molecular formula is C31H40F4O4. The Kier molecular flexibility index (Phi) is 15.2. The van der Waals surface area contributed by atoms with Gasteiger partial charge in [0, 0.05) is 5.56 Å². The van der Waals surface area contributed by atoms with E-state index >= 15 is 0 Å². The van der Waals surface area contributed by atoms with Crippen molar-refractivity contribution in [3.8, 4) is 0 Å². The molecule has 0 N–H and O–H groups in total. The molecule has 8 heteroatoms. The van der Waals surface area contributed by atoms with Gasteiger partial charge in [0.1, 0.15) is 6.61 Å². The zero-order valence-electron chi connectivity index (χ0n) is 22.8. The molecule has 0 saturated carbocycles. The second-order valence-corrected chi connectivity index (χ2v) is 9.81. The molecule has 39 heavy (non-hydrogen) atoms. The number of hydrogen-bond acceptors (Lipinski definition) is 4. The van der Waals surface area contributed by atoms with Crippen LogP contribution in [0.3, 0.4) is 0 Å². The molecule has 0 spiro atoms. The average molecular weight is 553 g/mol. The molecule has 0 atom stereocenters. The fraction of sp³-hybridized carbons (Fsp3) is 0.548. The van der Waals surface area contributed by atoms with Crippen LogP contribution in [0.25, 0.3) is 0 Å². The van der Waals surface area contributed by atoms with Gasteiger partial charge < -0.3 is 9.47 Å². The average Bonchev–Trinajstić information content (AvgIpc) is 2.94. The van der Waals surface area contributed by atoms with Crippen LogP contribution in [-0.2, 0) is 16.1 Å². The van der Waals surface area contributed by atoms with Gasteiger partial charge in [-0.15, -0.1) is 0 Å². The standard InChI is InChI=1S/C31H40F4O4/c1-2-3-4-5-6-7-8-9-10-11-12-13-14-17-20-38-30(36)24-18-15-16-19-25(24)31(37)39-22-23-21-26(32)28(34)29(35)27(23)33/h15-16,18-19,21H,2-14,17,20,22H2,1H3. The zero-order chi connectivity index (χ0) is 28.5. The maximum atomic E-state index is 13.8. The summed E-state index contributed by atoms with van der Waals surface area (Å²) in [5, 5.41) is 0. The van der Waals surface area contributed by atoms with Crippen molar-refractivity contribution in [1.29, 1.82) is 0 Å². The molecule has 0 radical (unpaired) electrons. The third-order valence-electron chi connectivity index (χ3n) is 6.63. The van der Waals surface area contributed by atoms with E-state index in [1.807, 2.05) is 0 Å². The van der Waals surface area contributed by atoms with Crippen LogP contribution in [-0.4, -0.2) is 18.5 Å². The number of carbonyl (C=O) groups is 2. The maximum Gasteiger partial charge on any atom is 0.339 e. The van der Waals surface area contributed by atoms with Crippen molar-refractivity contribution in [1.82, 2.24) is 0 Å². The van der Waals surface area contributed by atoms with Gasteiger partial charge in [0.25, 0.3) is 0 Å². The van der Waals surface area contributed by atoms with Gasteiger partial charge in [-0.1, -0.05) is 103 Å². The number of benzene rings is 2. The fourth-order valence-corrected chi connectivity index (χ4v) is 4.33. The summed E-state index contributed by atoms with van der Waals surface area (Å²) in [7, 11) is 0. The maximum absolute atomic E-state index is 13.8. The lowest BCUT2D eigenvalue weighted by Crippen LogP contribution is -2.15. The van der Waals surface area contributed by atoms with Crippen LogP contribution in [0.2, 0.25) is 0 Å². The summed E-state index contributed by atoms with van der Waals surface area (Å²) < 4.78 is 64.0. The first-order valence-electron chi connectivity index (χ1n) is 14.1. The van der Waals surface area contributed by atoms with Crippen molar-refractivity contribution in [2.24, 2.45) is 0 Å². The van der Waals surface area contributed by atoms with Crippen molar-refractivity contribution in [2.75, 3.05) is 6.61 Å². The van der Waals surface area contributed by atoms with Crippen molar-refractivity contribution in [3.05, 3.63) is 70.3 Å². The number of ether oxygens (including phenoxy) is 2. The highest BCUT2D eigenvalue weighted by Gasteiger charge is 2.22. The second-order valence-electron chi connectivity index (χ2n) is 9.81. The Hall–Kier alpha value is -2.90. The van der Waals surface area contributed by atoms with E-state index in [-0.39, 0.29) is 17.7 Å². The highest BCUT2D eigenvalue weighted by atomic mass is 19.2. The number of rotatable bonds is 19. The fourth-order valence-electron chi connectivity index (χ4n) is 4.33. The highest BCUT2D eigenvalue weighted by Crippen LogP contribution is 2.21. The normalized spacial score (nSPS) is 11.0. The zero-order valence-corrected chi connectivity index (χ0v) is 22.8. The van der Waals surface area contributed by atoms with Crippen LogP contribution >= 0.6 is 0 Å². The predicted molar refractivity (Wildman–Crippen MR) is 142 cm³/mol. The van der Waals surface area contributed by atoms with E-state index in [4.69, 9.17) is 9.47 Å². The van der Waals surface area contributed by atoms with Crippen LogP contribution in [0, 0.1) is 23.3 Å². The Balaban J connectivity index is 1.65. The summed E-state index contributed by atoms with van der Waals surface area (Å²) in [6.45, 7) is 1.60. The SMILES string of the molecule is CCCCCCCCCCCCCCCCOC(=O)c1ccccc1C(=O)OCc1cc(F)c(F)c(F)c1F. The highest BCUT2D eigenvalue weighted by molar-refractivity contribution is 6.03. The van der Waals surface area contributed by atoms with Crippen molar-refractivity contribution < 1.29 is 36.6 Å².